The highest BCUT2D eigenvalue weighted by molar-refractivity contribution is 7.10. The lowest BCUT2D eigenvalue weighted by molar-refractivity contribution is 0.567. The second kappa shape index (κ2) is 4.77. The van der Waals surface area contributed by atoms with Gasteiger partial charge >= 0.3 is 5.69 Å². The van der Waals surface area contributed by atoms with Crippen molar-refractivity contribution in [3.05, 3.63) is 43.2 Å². The summed E-state index contributed by atoms with van der Waals surface area (Å²) in [7, 11) is 0. The molecule has 0 amide bonds. The number of rotatable bonds is 4. The molecule has 0 aliphatic heterocycles. The fraction of sp³-hybridized carbons (Fsp3) is 0.364. The van der Waals surface area contributed by atoms with Crippen LogP contribution in [0.3, 0.4) is 0 Å². The minimum atomic E-state index is -0.608. The van der Waals surface area contributed by atoms with Crippen LogP contribution in [0.5, 0.6) is 0 Å². The fourth-order valence-electron chi connectivity index (χ4n) is 1.52. The van der Waals surface area contributed by atoms with E-state index >= 15 is 0 Å². The molecule has 0 aliphatic carbocycles. The van der Waals surface area contributed by atoms with Crippen LogP contribution in [-0.4, -0.2) is 21.7 Å². The summed E-state index contributed by atoms with van der Waals surface area (Å²) >= 11 is 1.67. The van der Waals surface area contributed by atoms with Gasteiger partial charge in [0.05, 0.1) is 0 Å². The van der Waals surface area contributed by atoms with Crippen molar-refractivity contribution in [2.24, 2.45) is 0 Å². The standard InChI is InChI=1S/C11H14N4O2S/c1-11(2,7-4-3-5-18-7)6-12-8-9(16)13-10(17)15-14-8/h3-5H,6H2,1-2H3,(H,12,14)(H2,13,15,16,17). The summed E-state index contributed by atoms with van der Waals surface area (Å²) < 4.78 is 0. The monoisotopic (exact) mass is 266 g/mol. The van der Waals surface area contributed by atoms with Crippen LogP contribution in [0.1, 0.15) is 18.7 Å². The average molecular weight is 266 g/mol. The van der Waals surface area contributed by atoms with Gasteiger partial charge in [0.25, 0.3) is 5.56 Å². The van der Waals surface area contributed by atoms with E-state index in [-0.39, 0.29) is 11.2 Å². The fourth-order valence-corrected chi connectivity index (χ4v) is 2.38. The molecule has 2 aromatic rings. The first-order chi connectivity index (χ1) is 8.49. The van der Waals surface area contributed by atoms with E-state index in [1.807, 2.05) is 11.4 Å². The van der Waals surface area contributed by atoms with Crippen LogP contribution in [0.4, 0.5) is 5.82 Å². The molecule has 18 heavy (non-hydrogen) atoms. The molecule has 2 rings (SSSR count). The van der Waals surface area contributed by atoms with Crippen molar-refractivity contribution in [2.45, 2.75) is 19.3 Å². The van der Waals surface area contributed by atoms with Crippen LogP contribution in [0.15, 0.2) is 27.1 Å². The van der Waals surface area contributed by atoms with Gasteiger partial charge in [0.15, 0.2) is 0 Å². The van der Waals surface area contributed by atoms with Gasteiger partial charge in [-0.3, -0.25) is 9.78 Å². The average Bonchev–Trinajstić information content (AvgIpc) is 2.82. The number of nitrogens with zero attached hydrogens (tertiary/aromatic N) is 1. The zero-order valence-electron chi connectivity index (χ0n) is 10.1. The summed E-state index contributed by atoms with van der Waals surface area (Å²) in [6.45, 7) is 4.70. The number of H-pyrrole nitrogens is 2. The molecule has 2 aromatic heterocycles. The molecule has 2 heterocycles. The van der Waals surface area contributed by atoms with E-state index in [1.54, 1.807) is 11.3 Å². The van der Waals surface area contributed by atoms with E-state index in [9.17, 15) is 9.59 Å². The lowest BCUT2D eigenvalue weighted by Crippen LogP contribution is -2.32. The van der Waals surface area contributed by atoms with E-state index in [4.69, 9.17) is 0 Å². The molecule has 0 aliphatic rings. The van der Waals surface area contributed by atoms with Gasteiger partial charge < -0.3 is 5.32 Å². The molecule has 0 saturated carbocycles. The second-order valence-corrected chi connectivity index (χ2v) is 5.52. The maximum Gasteiger partial charge on any atom is 0.342 e. The predicted octanol–water partition coefficient (Wildman–Crippen LogP) is 0.909. The van der Waals surface area contributed by atoms with Crippen molar-refractivity contribution in [3.8, 4) is 0 Å². The quantitative estimate of drug-likeness (QED) is 0.767. The van der Waals surface area contributed by atoms with Crippen molar-refractivity contribution in [2.75, 3.05) is 11.9 Å². The maximum atomic E-state index is 11.4. The number of aromatic nitrogens is 3. The number of anilines is 1. The highest BCUT2D eigenvalue weighted by atomic mass is 32.1. The maximum absolute atomic E-state index is 11.4. The highest BCUT2D eigenvalue weighted by Crippen LogP contribution is 2.27. The molecular weight excluding hydrogens is 252 g/mol. The van der Waals surface area contributed by atoms with Crippen LogP contribution in [0, 0.1) is 0 Å². The van der Waals surface area contributed by atoms with Crippen LogP contribution < -0.4 is 16.6 Å². The molecule has 6 nitrogen and oxygen atoms in total. The minimum absolute atomic E-state index is 0.113. The van der Waals surface area contributed by atoms with Crippen LogP contribution >= 0.6 is 11.3 Å². The van der Waals surface area contributed by atoms with Crippen molar-refractivity contribution >= 4 is 17.2 Å². The molecule has 0 spiro atoms. The summed E-state index contributed by atoms with van der Waals surface area (Å²) in [5.74, 6) is 0.124. The summed E-state index contributed by atoms with van der Waals surface area (Å²) in [5, 5.41) is 10.8. The van der Waals surface area contributed by atoms with Crippen molar-refractivity contribution in [1.29, 1.82) is 0 Å². The number of nitrogens with one attached hydrogen (secondary N) is 3. The van der Waals surface area contributed by atoms with E-state index in [0.29, 0.717) is 6.54 Å². The van der Waals surface area contributed by atoms with Gasteiger partial charge in [-0.05, 0) is 11.4 Å². The van der Waals surface area contributed by atoms with Gasteiger partial charge in [-0.2, -0.15) is 0 Å². The van der Waals surface area contributed by atoms with Crippen LogP contribution in [-0.2, 0) is 5.41 Å². The summed E-state index contributed by atoms with van der Waals surface area (Å²) in [5.41, 5.74) is -1.23. The molecule has 0 unspecified atom stereocenters. The number of thiophene rings is 1. The number of hydrogen-bond acceptors (Lipinski definition) is 5. The van der Waals surface area contributed by atoms with Crippen molar-refractivity contribution in [3.63, 3.8) is 0 Å². The van der Waals surface area contributed by atoms with E-state index in [0.717, 1.165) is 0 Å². The third-order valence-electron chi connectivity index (χ3n) is 2.60. The molecule has 0 aromatic carbocycles. The Morgan fingerprint density at radius 1 is 1.44 bits per heavy atom. The Labute approximate surface area is 107 Å². The Hall–Kier alpha value is -1.89. The smallest absolute Gasteiger partial charge is 0.342 e. The second-order valence-electron chi connectivity index (χ2n) is 4.57. The first kappa shape index (κ1) is 12.6. The third-order valence-corrected chi connectivity index (χ3v) is 3.83. The molecule has 0 fully saturated rings. The molecular formula is C11H14N4O2S. The summed E-state index contributed by atoms with van der Waals surface area (Å²) in [6, 6.07) is 4.05. The van der Waals surface area contributed by atoms with Crippen LogP contribution in [0.2, 0.25) is 0 Å². The number of aromatic amines is 2. The van der Waals surface area contributed by atoms with Gasteiger partial charge in [0, 0.05) is 16.8 Å². The predicted molar refractivity (Wildman–Crippen MR) is 71.3 cm³/mol. The zero-order chi connectivity index (χ0) is 13.2. The first-order valence-electron chi connectivity index (χ1n) is 5.46. The van der Waals surface area contributed by atoms with Gasteiger partial charge in [-0.25, -0.2) is 9.89 Å². The van der Waals surface area contributed by atoms with Gasteiger partial charge in [0.2, 0.25) is 5.82 Å². The third kappa shape index (κ3) is 2.67. The normalized spacial score (nSPS) is 11.4. The zero-order valence-corrected chi connectivity index (χ0v) is 10.9. The molecule has 0 saturated heterocycles. The number of hydrogen-bond donors (Lipinski definition) is 3. The molecule has 7 heteroatoms. The Bertz CT molecular complexity index is 627. The summed E-state index contributed by atoms with van der Waals surface area (Å²) in [6.07, 6.45) is 0. The van der Waals surface area contributed by atoms with Gasteiger partial charge in [0.1, 0.15) is 0 Å². The molecule has 0 radical (unpaired) electrons. The Balaban J connectivity index is 2.12. The molecule has 3 N–H and O–H groups in total. The van der Waals surface area contributed by atoms with Crippen molar-refractivity contribution in [1.82, 2.24) is 15.2 Å². The topological polar surface area (TPSA) is 90.6 Å². The van der Waals surface area contributed by atoms with Gasteiger partial charge in [-0.15, -0.1) is 16.4 Å². The molecule has 96 valence electrons. The largest absolute Gasteiger partial charge is 0.363 e. The van der Waals surface area contributed by atoms with E-state index in [2.05, 4.69) is 40.4 Å². The molecule has 0 bridgehead atoms. The summed E-state index contributed by atoms with van der Waals surface area (Å²) in [4.78, 5) is 25.6. The van der Waals surface area contributed by atoms with E-state index in [1.165, 1.54) is 4.88 Å². The van der Waals surface area contributed by atoms with Gasteiger partial charge in [-0.1, -0.05) is 19.9 Å². The lowest BCUT2D eigenvalue weighted by Gasteiger charge is -2.23. The van der Waals surface area contributed by atoms with E-state index < -0.39 is 11.2 Å². The lowest BCUT2D eigenvalue weighted by atomic mass is 9.91. The molecule has 0 atom stereocenters. The Kier molecular flexibility index (Phi) is 3.33. The van der Waals surface area contributed by atoms with Crippen molar-refractivity contribution < 1.29 is 0 Å². The van der Waals surface area contributed by atoms with Crippen LogP contribution in [0.25, 0.3) is 0 Å². The minimum Gasteiger partial charge on any atom is -0.363 e. The Morgan fingerprint density at radius 2 is 2.22 bits per heavy atom. The SMILES string of the molecule is CC(C)(CNc1n[nH]c(=O)[nH]c1=O)c1cccs1. The highest BCUT2D eigenvalue weighted by Gasteiger charge is 2.22. The first-order valence-corrected chi connectivity index (χ1v) is 6.34. The Morgan fingerprint density at radius 3 is 2.83 bits per heavy atom.